The lowest BCUT2D eigenvalue weighted by molar-refractivity contribution is -0.108. The molecule has 4 nitrogen and oxygen atoms in total. The van der Waals surface area contributed by atoms with Crippen LogP contribution >= 0.6 is 0 Å². The summed E-state index contributed by atoms with van der Waals surface area (Å²) in [6.45, 7) is 1.65. The molecule has 0 atom stereocenters. The second-order valence-corrected chi connectivity index (χ2v) is 3.26. The van der Waals surface area contributed by atoms with Crippen LogP contribution in [0.5, 0.6) is 0 Å². The summed E-state index contributed by atoms with van der Waals surface area (Å²) in [6, 6.07) is 0. The third-order valence-electron chi connectivity index (χ3n) is 1.80. The first-order valence-electron chi connectivity index (χ1n) is 5.60. The molecule has 0 unspecified atom stereocenters. The fourth-order valence-electron chi connectivity index (χ4n) is 0.927. The van der Waals surface area contributed by atoms with Crippen molar-refractivity contribution in [3.8, 4) is 0 Å². The van der Waals surface area contributed by atoms with Gasteiger partial charge in [-0.2, -0.15) is 0 Å². The molecule has 0 aliphatic carbocycles. The van der Waals surface area contributed by atoms with E-state index in [9.17, 15) is 9.59 Å². The predicted molar refractivity (Wildman–Crippen MR) is 62.6 cm³/mol. The molecule has 0 amide bonds. The Morgan fingerprint density at radius 3 is 1.33 bits per heavy atom. The van der Waals surface area contributed by atoms with Gasteiger partial charge >= 0.3 is 0 Å². The molecular formula is C11H24N2O2. The molecule has 0 aromatic rings. The lowest BCUT2D eigenvalue weighted by atomic mass is 10.2. The molecule has 0 heterocycles. The monoisotopic (exact) mass is 216 g/mol. The Bertz CT molecular complexity index is 116. The molecule has 0 radical (unpaired) electrons. The minimum absolute atomic E-state index is 0.513. The topological polar surface area (TPSA) is 86.2 Å². The number of hydrogen-bond donors (Lipinski definition) is 2. The van der Waals surface area contributed by atoms with E-state index in [-0.39, 0.29) is 0 Å². The number of hydrogen-bond acceptors (Lipinski definition) is 4. The zero-order chi connectivity index (χ0) is 11.8. The van der Waals surface area contributed by atoms with Gasteiger partial charge in [0.05, 0.1) is 0 Å². The number of nitrogens with two attached hydrogens (primary N) is 2. The Morgan fingerprint density at radius 1 is 0.667 bits per heavy atom. The van der Waals surface area contributed by atoms with Crippen LogP contribution in [-0.4, -0.2) is 25.7 Å². The van der Waals surface area contributed by atoms with Gasteiger partial charge in [0.25, 0.3) is 0 Å². The van der Waals surface area contributed by atoms with Gasteiger partial charge in [-0.25, -0.2) is 0 Å². The standard InChI is InChI=1S/C6H16N2.C5H8O2/c7-5-3-1-2-4-6-8;6-4-2-1-3-5-7/h1-8H2;4-5H,1-3H2. The van der Waals surface area contributed by atoms with E-state index in [0.29, 0.717) is 19.3 Å². The summed E-state index contributed by atoms with van der Waals surface area (Å²) < 4.78 is 0. The lowest BCUT2D eigenvalue weighted by Crippen LogP contribution is -2.00. The average molecular weight is 216 g/mol. The zero-order valence-corrected chi connectivity index (χ0v) is 9.49. The fraction of sp³-hybridized carbons (Fsp3) is 0.818. The van der Waals surface area contributed by atoms with Crippen LogP contribution in [0.1, 0.15) is 44.9 Å². The molecule has 0 rings (SSSR count). The highest BCUT2D eigenvalue weighted by Crippen LogP contribution is 1.95. The summed E-state index contributed by atoms with van der Waals surface area (Å²) in [5, 5.41) is 0. The summed E-state index contributed by atoms with van der Waals surface area (Å²) in [5.74, 6) is 0. The molecule has 0 saturated carbocycles. The Balaban J connectivity index is 0. The van der Waals surface area contributed by atoms with Crippen molar-refractivity contribution < 1.29 is 9.59 Å². The van der Waals surface area contributed by atoms with Gasteiger partial charge in [0.15, 0.2) is 0 Å². The van der Waals surface area contributed by atoms with Gasteiger partial charge in [-0.1, -0.05) is 12.8 Å². The van der Waals surface area contributed by atoms with E-state index in [1.54, 1.807) is 0 Å². The maximum absolute atomic E-state index is 9.56. The molecule has 0 fully saturated rings. The third kappa shape index (κ3) is 24.6. The Kier molecular flexibility index (Phi) is 21.1. The molecule has 0 bridgehead atoms. The first-order chi connectivity index (χ1) is 7.33. The third-order valence-corrected chi connectivity index (χ3v) is 1.80. The summed E-state index contributed by atoms with van der Waals surface area (Å²) in [6.07, 6.45) is 8.17. The molecule has 4 heteroatoms. The van der Waals surface area contributed by atoms with Gasteiger partial charge in [-0.15, -0.1) is 0 Å². The predicted octanol–water partition coefficient (Wildman–Crippen LogP) is 1.02. The molecule has 0 aliphatic heterocycles. The molecule has 0 saturated heterocycles. The zero-order valence-electron chi connectivity index (χ0n) is 9.49. The van der Waals surface area contributed by atoms with Crippen molar-refractivity contribution in [3.63, 3.8) is 0 Å². The van der Waals surface area contributed by atoms with Crippen LogP contribution in [0.3, 0.4) is 0 Å². The van der Waals surface area contributed by atoms with Crippen molar-refractivity contribution in [1.82, 2.24) is 0 Å². The van der Waals surface area contributed by atoms with E-state index < -0.39 is 0 Å². The normalized spacial score (nSPS) is 8.93. The lowest BCUT2D eigenvalue weighted by Gasteiger charge is -1.94. The maximum Gasteiger partial charge on any atom is 0.120 e. The van der Waals surface area contributed by atoms with E-state index in [2.05, 4.69) is 0 Å². The van der Waals surface area contributed by atoms with Gasteiger partial charge in [0, 0.05) is 12.8 Å². The van der Waals surface area contributed by atoms with Crippen molar-refractivity contribution in [1.29, 1.82) is 0 Å². The van der Waals surface area contributed by atoms with Crippen molar-refractivity contribution in [2.75, 3.05) is 13.1 Å². The Hall–Kier alpha value is -0.740. The summed E-state index contributed by atoms with van der Waals surface area (Å²) in [5.41, 5.74) is 10.6. The molecule has 0 spiro atoms. The van der Waals surface area contributed by atoms with Gasteiger partial charge in [-0.05, 0) is 32.4 Å². The van der Waals surface area contributed by atoms with Gasteiger partial charge in [0.1, 0.15) is 12.6 Å². The van der Waals surface area contributed by atoms with Crippen LogP contribution in [0.2, 0.25) is 0 Å². The minimum atomic E-state index is 0.513. The van der Waals surface area contributed by atoms with E-state index in [1.165, 1.54) is 12.8 Å². The maximum atomic E-state index is 9.56. The molecular weight excluding hydrogens is 192 g/mol. The van der Waals surface area contributed by atoms with Crippen LogP contribution in [0.4, 0.5) is 0 Å². The molecule has 4 N–H and O–H groups in total. The Morgan fingerprint density at radius 2 is 1.07 bits per heavy atom. The number of aldehydes is 2. The van der Waals surface area contributed by atoms with Crippen LogP contribution in [0.15, 0.2) is 0 Å². The van der Waals surface area contributed by atoms with Gasteiger partial charge in [-0.3, -0.25) is 0 Å². The Labute approximate surface area is 92.4 Å². The van der Waals surface area contributed by atoms with Gasteiger partial charge in [0.2, 0.25) is 0 Å². The van der Waals surface area contributed by atoms with Crippen LogP contribution in [0.25, 0.3) is 0 Å². The summed E-state index contributed by atoms with van der Waals surface area (Å²) in [4.78, 5) is 19.1. The number of unbranched alkanes of at least 4 members (excludes halogenated alkanes) is 5. The molecule has 90 valence electrons. The molecule has 0 aliphatic rings. The highest BCUT2D eigenvalue weighted by atomic mass is 16.1. The highest BCUT2D eigenvalue weighted by molar-refractivity contribution is 5.52. The minimum Gasteiger partial charge on any atom is -0.330 e. The van der Waals surface area contributed by atoms with Crippen molar-refractivity contribution in [3.05, 3.63) is 0 Å². The van der Waals surface area contributed by atoms with Crippen molar-refractivity contribution in [2.24, 2.45) is 11.5 Å². The highest BCUT2D eigenvalue weighted by Gasteiger charge is 1.83. The number of carbonyl (C=O) groups excluding carboxylic acids is 2. The van der Waals surface area contributed by atoms with Crippen molar-refractivity contribution in [2.45, 2.75) is 44.9 Å². The van der Waals surface area contributed by atoms with Crippen LogP contribution in [-0.2, 0) is 9.59 Å². The summed E-state index contributed by atoms with van der Waals surface area (Å²) in [7, 11) is 0. The van der Waals surface area contributed by atoms with Crippen LogP contribution in [0, 0.1) is 0 Å². The van der Waals surface area contributed by atoms with Gasteiger partial charge < -0.3 is 21.1 Å². The second kappa shape index (κ2) is 18.9. The van der Waals surface area contributed by atoms with E-state index >= 15 is 0 Å². The van der Waals surface area contributed by atoms with Crippen LogP contribution < -0.4 is 11.5 Å². The van der Waals surface area contributed by atoms with E-state index in [4.69, 9.17) is 11.5 Å². The second-order valence-electron chi connectivity index (χ2n) is 3.26. The van der Waals surface area contributed by atoms with Crippen molar-refractivity contribution >= 4 is 12.6 Å². The number of rotatable bonds is 9. The van der Waals surface area contributed by atoms with E-state index in [0.717, 1.165) is 38.5 Å². The quantitative estimate of drug-likeness (QED) is 0.445. The SMILES string of the molecule is NCCCCCCN.O=CCCCC=O. The first kappa shape index (κ1) is 16.7. The molecule has 0 aromatic heterocycles. The molecule has 15 heavy (non-hydrogen) atoms. The van der Waals surface area contributed by atoms with E-state index in [1.807, 2.05) is 0 Å². The largest absolute Gasteiger partial charge is 0.330 e. The first-order valence-corrected chi connectivity index (χ1v) is 5.60. The fourth-order valence-corrected chi connectivity index (χ4v) is 0.927. The number of carbonyl (C=O) groups is 2. The average Bonchev–Trinajstić information content (AvgIpc) is 2.26. The smallest absolute Gasteiger partial charge is 0.120 e. The summed E-state index contributed by atoms with van der Waals surface area (Å²) >= 11 is 0. The molecule has 0 aromatic carbocycles.